The van der Waals surface area contributed by atoms with Crippen molar-refractivity contribution in [2.75, 3.05) is 5.32 Å². The highest BCUT2D eigenvalue weighted by molar-refractivity contribution is 6.33. The lowest BCUT2D eigenvalue weighted by molar-refractivity contribution is 0.746. The largest absolute Gasteiger partial charge is 0.352 e. The van der Waals surface area contributed by atoms with Crippen LogP contribution in [0.2, 0.25) is 5.02 Å². The number of hydrogen-bond acceptors (Lipinski definition) is 3. The maximum Gasteiger partial charge on any atom is 0.0992 e. The molecule has 0 fully saturated rings. The maximum absolute atomic E-state index is 8.79. The SMILES string of the molecule is CCc1nn(C)cc1Nc1ccc(C#N)cc1Cl. The summed E-state index contributed by atoms with van der Waals surface area (Å²) < 4.78 is 1.76. The molecule has 0 saturated carbocycles. The Morgan fingerprint density at radius 3 is 2.83 bits per heavy atom. The Kier molecular flexibility index (Phi) is 3.54. The van der Waals surface area contributed by atoms with E-state index in [1.54, 1.807) is 22.9 Å². The molecule has 0 atom stereocenters. The second-order valence-corrected chi connectivity index (χ2v) is 4.36. The van der Waals surface area contributed by atoms with Crippen LogP contribution in [0.1, 0.15) is 18.2 Å². The lowest BCUT2D eigenvalue weighted by Crippen LogP contribution is -1.94. The van der Waals surface area contributed by atoms with E-state index >= 15 is 0 Å². The van der Waals surface area contributed by atoms with Gasteiger partial charge in [0.05, 0.1) is 33.7 Å². The van der Waals surface area contributed by atoms with Crippen molar-refractivity contribution in [1.82, 2.24) is 9.78 Å². The predicted molar refractivity (Wildman–Crippen MR) is 72.0 cm³/mol. The summed E-state index contributed by atoms with van der Waals surface area (Å²) in [6.45, 7) is 2.05. The minimum atomic E-state index is 0.528. The predicted octanol–water partition coefficient (Wildman–Crippen LogP) is 3.25. The second-order valence-electron chi connectivity index (χ2n) is 3.95. The lowest BCUT2D eigenvalue weighted by atomic mass is 10.2. The molecule has 1 heterocycles. The van der Waals surface area contributed by atoms with E-state index in [9.17, 15) is 0 Å². The summed E-state index contributed by atoms with van der Waals surface area (Å²) in [5.74, 6) is 0. The third kappa shape index (κ3) is 2.47. The van der Waals surface area contributed by atoms with E-state index in [0.29, 0.717) is 10.6 Å². The number of nitrogens with one attached hydrogen (secondary N) is 1. The highest BCUT2D eigenvalue weighted by Crippen LogP contribution is 2.27. The first-order chi connectivity index (χ1) is 8.63. The van der Waals surface area contributed by atoms with Gasteiger partial charge in [-0.05, 0) is 24.6 Å². The van der Waals surface area contributed by atoms with Gasteiger partial charge in [-0.1, -0.05) is 18.5 Å². The molecule has 0 unspecified atom stereocenters. The monoisotopic (exact) mass is 260 g/mol. The molecule has 2 rings (SSSR count). The maximum atomic E-state index is 8.79. The van der Waals surface area contributed by atoms with Crippen molar-refractivity contribution in [2.24, 2.45) is 7.05 Å². The van der Waals surface area contributed by atoms with Crippen molar-refractivity contribution in [2.45, 2.75) is 13.3 Å². The molecule has 2 aromatic rings. The minimum absolute atomic E-state index is 0.528. The van der Waals surface area contributed by atoms with Crippen molar-refractivity contribution in [3.63, 3.8) is 0 Å². The number of halogens is 1. The van der Waals surface area contributed by atoms with Gasteiger partial charge in [0.1, 0.15) is 0 Å². The molecule has 0 aliphatic carbocycles. The third-order valence-corrected chi connectivity index (χ3v) is 2.92. The van der Waals surface area contributed by atoms with E-state index in [2.05, 4.69) is 16.5 Å². The van der Waals surface area contributed by atoms with Gasteiger partial charge in [-0.3, -0.25) is 4.68 Å². The Morgan fingerprint density at radius 1 is 1.44 bits per heavy atom. The Bertz CT molecular complexity index is 610. The fourth-order valence-electron chi connectivity index (χ4n) is 1.73. The first-order valence-electron chi connectivity index (χ1n) is 5.63. The van der Waals surface area contributed by atoms with Crippen LogP contribution >= 0.6 is 11.6 Å². The molecule has 0 saturated heterocycles. The quantitative estimate of drug-likeness (QED) is 0.922. The fraction of sp³-hybridized carbons (Fsp3) is 0.231. The van der Waals surface area contributed by atoms with Gasteiger partial charge in [0.2, 0.25) is 0 Å². The molecule has 1 N–H and O–H groups in total. The third-order valence-electron chi connectivity index (χ3n) is 2.61. The van der Waals surface area contributed by atoms with Crippen LogP contribution in [0, 0.1) is 11.3 Å². The number of nitriles is 1. The zero-order valence-corrected chi connectivity index (χ0v) is 11.0. The van der Waals surface area contributed by atoms with E-state index in [1.165, 1.54) is 0 Å². The Morgan fingerprint density at radius 2 is 2.22 bits per heavy atom. The van der Waals surface area contributed by atoms with Gasteiger partial charge in [-0.2, -0.15) is 10.4 Å². The summed E-state index contributed by atoms with van der Waals surface area (Å²) >= 11 is 6.12. The molecule has 0 aliphatic rings. The Balaban J connectivity index is 2.31. The van der Waals surface area contributed by atoms with E-state index in [1.807, 2.05) is 20.2 Å². The van der Waals surface area contributed by atoms with Gasteiger partial charge in [0.15, 0.2) is 0 Å². The normalized spacial score (nSPS) is 10.1. The van der Waals surface area contributed by atoms with Crippen LogP contribution in [0.3, 0.4) is 0 Å². The van der Waals surface area contributed by atoms with Crippen molar-refractivity contribution >= 4 is 23.0 Å². The van der Waals surface area contributed by atoms with Gasteiger partial charge < -0.3 is 5.32 Å². The van der Waals surface area contributed by atoms with Crippen molar-refractivity contribution in [3.05, 3.63) is 40.7 Å². The van der Waals surface area contributed by atoms with Gasteiger partial charge in [0, 0.05) is 13.2 Å². The number of benzene rings is 1. The first-order valence-corrected chi connectivity index (χ1v) is 6.01. The number of aryl methyl sites for hydroxylation is 2. The van der Waals surface area contributed by atoms with Gasteiger partial charge in [-0.15, -0.1) is 0 Å². The topological polar surface area (TPSA) is 53.6 Å². The molecule has 0 aliphatic heterocycles. The van der Waals surface area contributed by atoms with E-state index < -0.39 is 0 Å². The summed E-state index contributed by atoms with van der Waals surface area (Å²) in [5.41, 5.74) is 3.25. The van der Waals surface area contributed by atoms with E-state index in [-0.39, 0.29) is 0 Å². The van der Waals surface area contributed by atoms with Crippen LogP contribution in [0.5, 0.6) is 0 Å². The molecule has 92 valence electrons. The second kappa shape index (κ2) is 5.11. The first kappa shape index (κ1) is 12.5. The Labute approximate surface area is 111 Å². The average molecular weight is 261 g/mol. The smallest absolute Gasteiger partial charge is 0.0992 e. The molecule has 0 bridgehead atoms. The van der Waals surface area contributed by atoms with Crippen molar-refractivity contribution in [3.8, 4) is 6.07 Å². The molecular formula is C13H13ClN4. The zero-order valence-electron chi connectivity index (χ0n) is 10.2. The molecular weight excluding hydrogens is 248 g/mol. The summed E-state index contributed by atoms with van der Waals surface area (Å²) in [4.78, 5) is 0. The van der Waals surface area contributed by atoms with Gasteiger partial charge >= 0.3 is 0 Å². The minimum Gasteiger partial charge on any atom is -0.352 e. The van der Waals surface area contributed by atoms with Crippen molar-refractivity contribution in [1.29, 1.82) is 5.26 Å². The van der Waals surface area contributed by atoms with Crippen LogP contribution in [-0.4, -0.2) is 9.78 Å². The molecule has 18 heavy (non-hydrogen) atoms. The standard InChI is InChI=1S/C13H13ClN4/c1-3-11-13(8-18(2)17-11)16-12-5-4-9(7-15)6-10(12)14/h4-6,8,16H,3H2,1-2H3. The molecule has 0 radical (unpaired) electrons. The molecule has 1 aromatic heterocycles. The molecule has 4 nitrogen and oxygen atoms in total. The van der Waals surface area contributed by atoms with Crippen molar-refractivity contribution < 1.29 is 0 Å². The highest BCUT2D eigenvalue weighted by Gasteiger charge is 2.08. The lowest BCUT2D eigenvalue weighted by Gasteiger charge is -2.07. The fourth-order valence-corrected chi connectivity index (χ4v) is 1.96. The van der Waals surface area contributed by atoms with Crippen LogP contribution in [0.15, 0.2) is 24.4 Å². The van der Waals surface area contributed by atoms with Crippen LogP contribution in [0.25, 0.3) is 0 Å². The van der Waals surface area contributed by atoms with Gasteiger partial charge in [0.25, 0.3) is 0 Å². The highest BCUT2D eigenvalue weighted by atomic mass is 35.5. The average Bonchev–Trinajstić information content (AvgIpc) is 2.72. The van der Waals surface area contributed by atoms with Crippen LogP contribution < -0.4 is 5.32 Å². The number of nitrogens with zero attached hydrogens (tertiary/aromatic N) is 3. The molecule has 1 aromatic carbocycles. The number of hydrogen-bond donors (Lipinski definition) is 1. The molecule has 0 spiro atoms. The molecule has 5 heteroatoms. The summed E-state index contributed by atoms with van der Waals surface area (Å²) in [6, 6.07) is 7.23. The van der Waals surface area contributed by atoms with Crippen LogP contribution in [-0.2, 0) is 13.5 Å². The Hall–Kier alpha value is -1.99. The number of rotatable bonds is 3. The van der Waals surface area contributed by atoms with E-state index in [4.69, 9.17) is 16.9 Å². The van der Waals surface area contributed by atoms with E-state index in [0.717, 1.165) is 23.5 Å². The molecule has 0 amide bonds. The summed E-state index contributed by atoms with van der Waals surface area (Å²) in [7, 11) is 1.88. The summed E-state index contributed by atoms with van der Waals surface area (Å²) in [6.07, 6.45) is 2.75. The number of anilines is 2. The summed E-state index contributed by atoms with van der Waals surface area (Å²) in [5, 5.41) is 16.9. The number of aromatic nitrogens is 2. The van der Waals surface area contributed by atoms with Crippen LogP contribution in [0.4, 0.5) is 11.4 Å². The zero-order chi connectivity index (χ0) is 13.1. The van der Waals surface area contributed by atoms with Gasteiger partial charge in [-0.25, -0.2) is 0 Å².